The molecule has 6 nitrogen and oxygen atoms in total. The van der Waals surface area contributed by atoms with Crippen LogP contribution < -0.4 is 5.32 Å². The normalized spacial score (nSPS) is 33.0. The van der Waals surface area contributed by atoms with Gasteiger partial charge in [0.25, 0.3) is 0 Å². The predicted octanol–water partition coefficient (Wildman–Crippen LogP) is 5.00. The van der Waals surface area contributed by atoms with Crippen LogP contribution >= 0.6 is 0 Å². The highest BCUT2D eigenvalue weighted by Crippen LogP contribution is 2.62. The van der Waals surface area contributed by atoms with Crippen molar-refractivity contribution in [2.45, 2.75) is 70.9 Å². The average molecular weight is 478 g/mol. The fourth-order valence-corrected chi connectivity index (χ4v) is 6.56. The molecule has 1 aromatic carbocycles. The highest BCUT2D eigenvalue weighted by molar-refractivity contribution is 5.91. The number of amidine groups is 1. The lowest BCUT2D eigenvalue weighted by Crippen LogP contribution is -2.66. The standard InChI is InChI=1S/C25H30F3N3O3/c1-14-19-9-16-8-17(11-24(14,10-16)22(32)33)20(19)31-21(30-13-29)23(2,3)34-12-15-4-6-18(7-5-15)25(26,27)28/h4-7,14,16-17,19-20H,8-12H2,1-3H3,(H,30,31)(H,32,33). The van der Waals surface area contributed by atoms with Gasteiger partial charge in [0, 0.05) is 6.04 Å². The number of ether oxygens (including phenoxy) is 1. The Morgan fingerprint density at radius 2 is 1.94 bits per heavy atom. The molecule has 2 N–H and O–H groups in total. The van der Waals surface area contributed by atoms with Crippen molar-refractivity contribution < 1.29 is 27.8 Å². The van der Waals surface area contributed by atoms with Crippen molar-refractivity contribution in [3.05, 3.63) is 35.4 Å². The number of aliphatic imine (C=N–C) groups is 1. The summed E-state index contributed by atoms with van der Waals surface area (Å²) >= 11 is 0. The molecule has 0 amide bonds. The molecule has 0 spiro atoms. The first-order chi connectivity index (χ1) is 15.9. The molecule has 4 aliphatic carbocycles. The van der Waals surface area contributed by atoms with E-state index in [9.17, 15) is 28.3 Å². The number of hydrogen-bond acceptors (Lipinski definition) is 4. The van der Waals surface area contributed by atoms with Gasteiger partial charge >= 0.3 is 12.1 Å². The summed E-state index contributed by atoms with van der Waals surface area (Å²) in [5.74, 6) is 0.417. The van der Waals surface area contributed by atoms with Gasteiger partial charge in [-0.3, -0.25) is 4.79 Å². The van der Waals surface area contributed by atoms with Crippen LogP contribution in [0, 0.1) is 40.5 Å². The largest absolute Gasteiger partial charge is 0.481 e. The Balaban J connectivity index is 1.48. The third kappa shape index (κ3) is 4.28. The van der Waals surface area contributed by atoms with E-state index in [2.05, 4.69) is 10.3 Å². The first-order valence-electron chi connectivity index (χ1n) is 11.6. The topological polar surface area (TPSA) is 94.7 Å². The van der Waals surface area contributed by atoms with Gasteiger partial charge in [-0.15, -0.1) is 0 Å². The van der Waals surface area contributed by atoms with E-state index in [1.165, 1.54) is 12.1 Å². The Labute approximate surface area is 197 Å². The van der Waals surface area contributed by atoms with E-state index in [0.29, 0.717) is 23.7 Å². The SMILES string of the molecule is CC1C2CC3CC(CC1(C(=O)O)C3)C2NC(=NC#N)C(C)(C)OCc1ccc(C(F)(F)F)cc1. The molecule has 0 aliphatic heterocycles. The third-order valence-electron chi connectivity index (χ3n) is 8.35. The predicted molar refractivity (Wildman–Crippen MR) is 118 cm³/mol. The number of carbonyl (C=O) groups is 1. The second-order valence-corrected chi connectivity index (χ2v) is 10.6. The van der Waals surface area contributed by atoms with Crippen LogP contribution in [0.5, 0.6) is 0 Å². The summed E-state index contributed by atoms with van der Waals surface area (Å²) in [6.45, 7) is 5.60. The number of alkyl halides is 3. The molecule has 9 heteroatoms. The Morgan fingerprint density at radius 1 is 1.26 bits per heavy atom. The van der Waals surface area contributed by atoms with Crippen LogP contribution in [0.1, 0.15) is 57.6 Å². The van der Waals surface area contributed by atoms with Crippen molar-refractivity contribution in [2.75, 3.05) is 0 Å². The number of carboxylic acids is 1. The molecule has 4 bridgehead atoms. The zero-order chi connectivity index (χ0) is 24.9. The van der Waals surface area contributed by atoms with Crippen molar-refractivity contribution in [1.29, 1.82) is 5.26 Å². The first kappa shape index (κ1) is 24.5. The van der Waals surface area contributed by atoms with Gasteiger partial charge in [0.05, 0.1) is 17.6 Å². The van der Waals surface area contributed by atoms with Gasteiger partial charge in [-0.25, -0.2) is 0 Å². The van der Waals surface area contributed by atoms with Crippen LogP contribution in [0.4, 0.5) is 13.2 Å². The number of hydrogen-bond donors (Lipinski definition) is 2. The molecule has 4 saturated carbocycles. The second-order valence-electron chi connectivity index (χ2n) is 10.6. The number of halogens is 3. The number of nitrogens with zero attached hydrogens (tertiary/aromatic N) is 2. The Bertz CT molecular complexity index is 1010. The van der Waals surface area contributed by atoms with Gasteiger partial charge in [-0.1, -0.05) is 19.1 Å². The quantitative estimate of drug-likeness (QED) is 0.342. The zero-order valence-corrected chi connectivity index (χ0v) is 19.5. The van der Waals surface area contributed by atoms with E-state index in [1.807, 2.05) is 13.1 Å². The lowest BCUT2D eigenvalue weighted by Gasteiger charge is -2.62. The van der Waals surface area contributed by atoms with Crippen molar-refractivity contribution in [1.82, 2.24) is 5.32 Å². The third-order valence-corrected chi connectivity index (χ3v) is 8.35. The summed E-state index contributed by atoms with van der Waals surface area (Å²) in [7, 11) is 0. The van der Waals surface area contributed by atoms with Gasteiger partial charge in [0.2, 0.25) is 6.19 Å². The van der Waals surface area contributed by atoms with E-state index in [-0.39, 0.29) is 30.4 Å². The van der Waals surface area contributed by atoms with E-state index >= 15 is 0 Å². The minimum Gasteiger partial charge on any atom is -0.481 e. The second kappa shape index (κ2) is 8.56. The number of aliphatic carboxylic acids is 1. The molecule has 0 radical (unpaired) electrons. The minimum atomic E-state index is -4.40. The highest BCUT2D eigenvalue weighted by atomic mass is 19.4. The Hall–Kier alpha value is -2.60. The summed E-state index contributed by atoms with van der Waals surface area (Å²) in [6, 6.07) is 4.78. The van der Waals surface area contributed by atoms with Crippen molar-refractivity contribution in [2.24, 2.45) is 34.1 Å². The molecular weight excluding hydrogens is 447 g/mol. The summed E-state index contributed by atoms with van der Waals surface area (Å²) in [4.78, 5) is 16.2. The molecule has 1 aromatic rings. The van der Waals surface area contributed by atoms with Crippen LogP contribution in [-0.4, -0.2) is 28.6 Å². The fraction of sp³-hybridized carbons (Fsp3) is 0.640. The first-order valence-corrected chi connectivity index (χ1v) is 11.6. The molecule has 6 atom stereocenters. The van der Waals surface area contributed by atoms with Crippen LogP contribution in [0.3, 0.4) is 0 Å². The summed E-state index contributed by atoms with van der Waals surface area (Å²) < 4.78 is 44.4. The molecule has 34 heavy (non-hydrogen) atoms. The molecular formula is C25H30F3N3O3. The maximum absolute atomic E-state index is 12.8. The maximum atomic E-state index is 12.8. The molecule has 0 saturated heterocycles. The Kier molecular flexibility index (Phi) is 6.17. The van der Waals surface area contributed by atoms with Gasteiger partial charge < -0.3 is 15.2 Å². The monoisotopic (exact) mass is 477 g/mol. The lowest BCUT2D eigenvalue weighted by atomic mass is 9.44. The average Bonchev–Trinajstić information content (AvgIpc) is 2.76. The summed E-state index contributed by atoms with van der Waals surface area (Å²) in [5.41, 5.74) is -1.82. The molecule has 0 heterocycles. The molecule has 184 valence electrons. The van der Waals surface area contributed by atoms with Gasteiger partial charge in [0.15, 0.2) is 0 Å². The van der Waals surface area contributed by atoms with Crippen molar-refractivity contribution >= 4 is 11.8 Å². The fourth-order valence-electron chi connectivity index (χ4n) is 6.56. The van der Waals surface area contributed by atoms with E-state index in [4.69, 9.17) is 4.74 Å². The number of benzene rings is 1. The molecule has 0 aromatic heterocycles. The number of carboxylic acid groups (broad SMARTS) is 1. The molecule has 4 fully saturated rings. The van der Waals surface area contributed by atoms with E-state index in [0.717, 1.165) is 31.4 Å². The zero-order valence-electron chi connectivity index (χ0n) is 19.5. The minimum absolute atomic E-state index is 0.0000640. The van der Waals surface area contributed by atoms with E-state index < -0.39 is 28.7 Å². The highest BCUT2D eigenvalue weighted by Gasteiger charge is 2.63. The van der Waals surface area contributed by atoms with Crippen LogP contribution in [0.15, 0.2) is 29.3 Å². The number of nitriles is 1. The summed E-state index contributed by atoms with van der Waals surface area (Å²) in [6.07, 6.45) is 0.702. The van der Waals surface area contributed by atoms with Gasteiger partial charge in [0.1, 0.15) is 11.4 Å². The number of rotatable bonds is 6. The molecule has 4 aliphatic rings. The van der Waals surface area contributed by atoms with E-state index in [1.54, 1.807) is 13.8 Å². The smallest absolute Gasteiger partial charge is 0.416 e. The molecule has 5 rings (SSSR count). The Morgan fingerprint density at radius 3 is 2.53 bits per heavy atom. The summed E-state index contributed by atoms with van der Waals surface area (Å²) in [5, 5.41) is 22.8. The van der Waals surface area contributed by atoms with Gasteiger partial charge in [-0.05, 0) is 80.9 Å². The van der Waals surface area contributed by atoms with Gasteiger partial charge in [-0.2, -0.15) is 23.4 Å². The van der Waals surface area contributed by atoms with Crippen molar-refractivity contribution in [3.63, 3.8) is 0 Å². The van der Waals surface area contributed by atoms with Crippen molar-refractivity contribution in [3.8, 4) is 6.19 Å². The van der Waals surface area contributed by atoms with Crippen LogP contribution in [-0.2, 0) is 22.3 Å². The van der Waals surface area contributed by atoms with Crippen LogP contribution in [0.2, 0.25) is 0 Å². The van der Waals surface area contributed by atoms with Crippen LogP contribution in [0.25, 0.3) is 0 Å². The number of nitrogens with one attached hydrogen (secondary N) is 1. The molecule has 6 unspecified atom stereocenters. The lowest BCUT2D eigenvalue weighted by molar-refractivity contribution is -0.179. The maximum Gasteiger partial charge on any atom is 0.416 e.